The second-order valence-corrected chi connectivity index (χ2v) is 5.14. The van der Waals surface area contributed by atoms with Gasteiger partial charge in [0, 0.05) is 0 Å². The lowest BCUT2D eigenvalue weighted by Gasteiger charge is -2.32. The molecule has 0 heterocycles. The molecule has 68 valence electrons. The molecule has 5 nitrogen and oxygen atoms in total. The predicted octanol–water partition coefficient (Wildman–Crippen LogP) is -0.811. The van der Waals surface area contributed by atoms with E-state index in [0.717, 1.165) is 0 Å². The van der Waals surface area contributed by atoms with E-state index in [1.54, 1.807) is 21.1 Å². The molecule has 3 N–H and O–H groups in total. The van der Waals surface area contributed by atoms with E-state index in [9.17, 15) is 4.57 Å². The zero-order chi connectivity index (χ0) is 9.28. The Bertz CT molecular complexity index is 170. The van der Waals surface area contributed by atoms with Crippen LogP contribution in [0.2, 0.25) is 0 Å². The Labute approximate surface area is 66.0 Å². The SMILES string of the molecule is C[N+](C)(C)C(CO)P(=O)(O)O. The van der Waals surface area contributed by atoms with Crippen molar-refractivity contribution in [3.8, 4) is 0 Å². The first-order valence-electron chi connectivity index (χ1n) is 3.17. The van der Waals surface area contributed by atoms with Crippen molar-refractivity contribution in [3.05, 3.63) is 0 Å². The van der Waals surface area contributed by atoms with Crippen molar-refractivity contribution in [3.63, 3.8) is 0 Å². The summed E-state index contributed by atoms with van der Waals surface area (Å²) in [5.74, 6) is -1.03. The third kappa shape index (κ3) is 3.31. The van der Waals surface area contributed by atoms with Gasteiger partial charge in [-0.1, -0.05) is 0 Å². The fourth-order valence-corrected chi connectivity index (χ4v) is 1.92. The van der Waals surface area contributed by atoms with Gasteiger partial charge >= 0.3 is 7.60 Å². The number of likely N-dealkylation sites (N-methyl/N-ethyl adjacent to an activating group) is 1. The average molecular weight is 184 g/mol. The summed E-state index contributed by atoms with van der Waals surface area (Å²) in [7, 11) is 0.700. The van der Waals surface area contributed by atoms with E-state index < -0.39 is 20.0 Å². The van der Waals surface area contributed by atoms with E-state index in [0.29, 0.717) is 0 Å². The molecule has 0 aromatic heterocycles. The van der Waals surface area contributed by atoms with Gasteiger partial charge in [0.1, 0.15) is 6.61 Å². The highest BCUT2D eigenvalue weighted by Gasteiger charge is 2.39. The number of hydrogen-bond donors (Lipinski definition) is 3. The number of rotatable bonds is 3. The normalized spacial score (nSPS) is 16.5. The Hall–Kier alpha value is 0.0700. The zero-order valence-electron chi connectivity index (χ0n) is 6.93. The van der Waals surface area contributed by atoms with Crippen molar-refractivity contribution in [1.29, 1.82) is 0 Å². The molecule has 0 saturated heterocycles. The molecule has 0 saturated carbocycles. The Morgan fingerprint density at radius 3 is 1.73 bits per heavy atom. The van der Waals surface area contributed by atoms with E-state index >= 15 is 0 Å². The van der Waals surface area contributed by atoms with Gasteiger partial charge in [-0.15, -0.1) is 0 Å². The first kappa shape index (κ1) is 11.1. The molecule has 0 bridgehead atoms. The molecule has 0 aromatic rings. The quantitative estimate of drug-likeness (QED) is 0.396. The van der Waals surface area contributed by atoms with Crippen LogP contribution in [0.15, 0.2) is 0 Å². The third-order valence-electron chi connectivity index (χ3n) is 1.45. The molecule has 0 spiro atoms. The second kappa shape index (κ2) is 3.21. The molecular weight excluding hydrogens is 169 g/mol. The monoisotopic (exact) mass is 184 g/mol. The number of nitrogens with zero attached hydrogens (tertiary/aromatic N) is 1. The summed E-state index contributed by atoms with van der Waals surface area (Å²) in [6, 6.07) is 0. The Morgan fingerprint density at radius 2 is 1.73 bits per heavy atom. The molecule has 0 aliphatic heterocycles. The van der Waals surface area contributed by atoms with E-state index in [-0.39, 0.29) is 4.48 Å². The maximum absolute atomic E-state index is 10.7. The Balaban J connectivity index is 4.57. The van der Waals surface area contributed by atoms with Gasteiger partial charge in [0.05, 0.1) is 21.1 Å². The highest BCUT2D eigenvalue weighted by Crippen LogP contribution is 2.43. The number of aliphatic hydroxyl groups excluding tert-OH is 1. The first-order chi connectivity index (χ1) is 4.69. The second-order valence-electron chi connectivity index (χ2n) is 3.37. The van der Waals surface area contributed by atoms with E-state index in [2.05, 4.69) is 0 Å². The van der Waals surface area contributed by atoms with Gasteiger partial charge in [-0.2, -0.15) is 0 Å². The topological polar surface area (TPSA) is 77.8 Å². The molecule has 0 aromatic carbocycles. The van der Waals surface area contributed by atoms with Crippen LogP contribution in [0.1, 0.15) is 0 Å². The van der Waals surface area contributed by atoms with Crippen molar-refractivity contribution in [2.24, 2.45) is 0 Å². The highest BCUT2D eigenvalue weighted by atomic mass is 31.2. The van der Waals surface area contributed by atoms with Crippen molar-refractivity contribution < 1.29 is 23.9 Å². The standard InChI is InChI=1S/C5H14NO4P/c1-6(2,3)5(4-7)11(8,9)10/h5,7H,4H2,1-3H3,(H-,8,9,10)/p+1. The minimum Gasteiger partial charge on any atom is -0.389 e. The van der Waals surface area contributed by atoms with Crippen LogP contribution in [-0.2, 0) is 4.57 Å². The summed E-state index contributed by atoms with van der Waals surface area (Å²) in [5, 5.41) is 8.69. The molecule has 1 unspecified atom stereocenters. The summed E-state index contributed by atoms with van der Waals surface area (Å²) >= 11 is 0. The molecule has 0 fully saturated rings. The molecule has 0 radical (unpaired) electrons. The molecular formula is C5H15NO4P+. The van der Waals surface area contributed by atoms with Crippen LogP contribution < -0.4 is 0 Å². The highest BCUT2D eigenvalue weighted by molar-refractivity contribution is 7.52. The van der Waals surface area contributed by atoms with Gasteiger partial charge in [-0.3, -0.25) is 4.57 Å². The van der Waals surface area contributed by atoms with Crippen LogP contribution in [0.5, 0.6) is 0 Å². The van der Waals surface area contributed by atoms with Crippen molar-refractivity contribution in [2.45, 2.75) is 5.78 Å². The van der Waals surface area contributed by atoms with Gasteiger partial charge < -0.3 is 19.4 Å². The van der Waals surface area contributed by atoms with Crippen molar-refractivity contribution >= 4 is 7.60 Å². The van der Waals surface area contributed by atoms with E-state index in [4.69, 9.17) is 14.9 Å². The van der Waals surface area contributed by atoms with Crippen LogP contribution in [0.25, 0.3) is 0 Å². The maximum atomic E-state index is 10.7. The summed E-state index contributed by atoms with van der Waals surface area (Å²) in [6.45, 7) is -0.506. The average Bonchev–Trinajstić information content (AvgIpc) is 1.56. The van der Waals surface area contributed by atoms with Crippen LogP contribution in [0, 0.1) is 0 Å². The smallest absolute Gasteiger partial charge is 0.384 e. The van der Waals surface area contributed by atoms with E-state index in [1.807, 2.05) is 0 Å². The van der Waals surface area contributed by atoms with Crippen LogP contribution >= 0.6 is 7.60 Å². The van der Waals surface area contributed by atoms with Gasteiger partial charge in [-0.05, 0) is 0 Å². The fourth-order valence-electron chi connectivity index (χ4n) is 0.803. The lowest BCUT2D eigenvalue weighted by Crippen LogP contribution is -2.46. The van der Waals surface area contributed by atoms with Crippen molar-refractivity contribution in [1.82, 2.24) is 0 Å². The molecule has 11 heavy (non-hydrogen) atoms. The van der Waals surface area contributed by atoms with Gasteiger partial charge in [0.25, 0.3) is 0 Å². The van der Waals surface area contributed by atoms with Crippen LogP contribution in [0.4, 0.5) is 0 Å². The summed E-state index contributed by atoms with van der Waals surface area (Å²) in [6.07, 6.45) is 0. The minimum absolute atomic E-state index is 0.0563. The van der Waals surface area contributed by atoms with Crippen molar-refractivity contribution in [2.75, 3.05) is 27.7 Å². The van der Waals surface area contributed by atoms with Gasteiger partial charge in [0.2, 0.25) is 5.78 Å². The Morgan fingerprint density at radius 1 is 1.36 bits per heavy atom. The predicted molar refractivity (Wildman–Crippen MR) is 41.0 cm³/mol. The lowest BCUT2D eigenvalue weighted by molar-refractivity contribution is -0.883. The molecule has 0 rings (SSSR count). The molecule has 0 aliphatic rings. The maximum Gasteiger partial charge on any atom is 0.384 e. The zero-order valence-corrected chi connectivity index (χ0v) is 7.82. The number of hydrogen-bond acceptors (Lipinski definition) is 2. The summed E-state index contributed by atoms with van der Waals surface area (Å²) < 4.78 is 10.8. The Kier molecular flexibility index (Phi) is 3.23. The summed E-state index contributed by atoms with van der Waals surface area (Å²) in [4.78, 5) is 17.5. The lowest BCUT2D eigenvalue weighted by atomic mass is 10.5. The fraction of sp³-hybridized carbons (Fsp3) is 1.00. The molecule has 6 heteroatoms. The van der Waals surface area contributed by atoms with Crippen LogP contribution in [0.3, 0.4) is 0 Å². The molecule has 0 aliphatic carbocycles. The largest absolute Gasteiger partial charge is 0.389 e. The van der Waals surface area contributed by atoms with E-state index in [1.165, 1.54) is 0 Å². The number of aliphatic hydroxyl groups is 1. The summed E-state index contributed by atoms with van der Waals surface area (Å²) in [5.41, 5.74) is 0. The van der Waals surface area contributed by atoms with Crippen LogP contribution in [-0.4, -0.2) is 52.9 Å². The van der Waals surface area contributed by atoms with Gasteiger partial charge in [0.15, 0.2) is 0 Å². The molecule has 0 amide bonds. The minimum atomic E-state index is -4.18. The first-order valence-corrected chi connectivity index (χ1v) is 4.85. The third-order valence-corrected chi connectivity index (χ3v) is 3.08. The molecule has 1 atom stereocenters. The number of quaternary nitrogens is 1. The van der Waals surface area contributed by atoms with Gasteiger partial charge in [-0.25, -0.2) is 0 Å².